The Balaban J connectivity index is 1.40. The molecule has 5 nitrogen and oxygen atoms in total. The number of nitrogens with one attached hydrogen (secondary N) is 1. The van der Waals surface area contributed by atoms with Crippen LogP contribution in [0, 0.1) is 0 Å². The first kappa shape index (κ1) is 23.5. The van der Waals surface area contributed by atoms with Gasteiger partial charge in [-0.05, 0) is 73.0 Å². The molecule has 0 saturated heterocycles. The zero-order chi connectivity index (χ0) is 22.9. The zero-order valence-corrected chi connectivity index (χ0v) is 20.0. The molecule has 1 aromatic heterocycles. The number of furan rings is 1. The lowest BCUT2D eigenvalue weighted by atomic mass is 10.1. The number of benzene rings is 2. The fraction of sp³-hybridized carbons (Fsp3) is 0.269. The van der Waals surface area contributed by atoms with Crippen molar-refractivity contribution in [2.45, 2.75) is 38.5 Å². The van der Waals surface area contributed by atoms with E-state index in [4.69, 9.17) is 9.62 Å². The predicted molar refractivity (Wildman–Crippen MR) is 139 cm³/mol. The van der Waals surface area contributed by atoms with Gasteiger partial charge in [-0.15, -0.1) is 0 Å². The minimum Gasteiger partial charge on any atom is -0.456 e. The average molecular weight is 481 g/mol. The van der Waals surface area contributed by atoms with Crippen LogP contribution >= 0.6 is 23.7 Å². The van der Waals surface area contributed by atoms with E-state index in [9.17, 15) is 4.79 Å². The summed E-state index contributed by atoms with van der Waals surface area (Å²) in [4.78, 5) is 11.1. The maximum absolute atomic E-state index is 11.1. The van der Waals surface area contributed by atoms with Gasteiger partial charge in [0.1, 0.15) is 11.3 Å². The molecule has 0 fully saturated rings. The number of hydrogen-bond donors (Lipinski definition) is 2. The molecule has 0 unspecified atom stereocenters. The lowest BCUT2D eigenvalue weighted by Gasteiger charge is -2.25. The topological polar surface area (TPSA) is 65.7 Å². The number of unbranched alkanes of at least 4 members (excludes halogenated alkanes) is 3. The Morgan fingerprint density at radius 1 is 1.09 bits per heavy atom. The summed E-state index contributed by atoms with van der Waals surface area (Å²) in [5.41, 5.74) is 4.82. The summed E-state index contributed by atoms with van der Waals surface area (Å²) in [6.45, 7) is 0.919. The molecule has 2 aromatic carbocycles. The zero-order valence-electron chi connectivity index (χ0n) is 18.4. The number of hydrogen-bond acceptors (Lipinski definition) is 6. The maximum atomic E-state index is 11.1. The summed E-state index contributed by atoms with van der Waals surface area (Å²) in [6, 6.07) is 18.7. The number of anilines is 1. The second kappa shape index (κ2) is 12.0. The summed E-state index contributed by atoms with van der Waals surface area (Å²) in [5.74, 6) is 0.565. The van der Waals surface area contributed by atoms with Gasteiger partial charge in [-0.2, -0.15) is 0 Å². The van der Waals surface area contributed by atoms with Gasteiger partial charge in [-0.25, -0.2) is 5.48 Å². The van der Waals surface area contributed by atoms with Crippen molar-refractivity contribution in [3.8, 4) is 11.3 Å². The summed E-state index contributed by atoms with van der Waals surface area (Å²) in [5, 5.41) is 11.9. The Morgan fingerprint density at radius 2 is 1.91 bits per heavy atom. The molecule has 4 rings (SSSR count). The van der Waals surface area contributed by atoms with E-state index < -0.39 is 0 Å². The number of fused-ring (bicyclic) bond motifs is 1. The highest BCUT2D eigenvalue weighted by Gasteiger charge is 2.13. The monoisotopic (exact) mass is 480 g/mol. The second-order valence-electron chi connectivity index (χ2n) is 7.84. The number of thioether (sulfide) groups is 1. The molecular weight excluding hydrogens is 452 g/mol. The Kier molecular flexibility index (Phi) is 8.58. The third-order valence-corrected chi connectivity index (χ3v) is 7.61. The van der Waals surface area contributed by atoms with Crippen molar-refractivity contribution in [2.24, 2.45) is 0 Å². The van der Waals surface area contributed by atoms with Gasteiger partial charge in [0.15, 0.2) is 0 Å². The number of amides is 1. The number of carbonyl (C=O) groups is 1. The fourth-order valence-corrected chi connectivity index (χ4v) is 5.62. The number of rotatable bonds is 11. The van der Waals surface area contributed by atoms with Crippen molar-refractivity contribution >= 4 is 46.3 Å². The summed E-state index contributed by atoms with van der Waals surface area (Å²) in [7, 11) is 0. The molecule has 0 spiro atoms. The third-order valence-electron chi connectivity index (χ3n) is 5.41. The van der Waals surface area contributed by atoms with Crippen LogP contribution in [0.4, 0.5) is 5.69 Å². The van der Waals surface area contributed by atoms with Crippen LogP contribution in [-0.2, 0) is 4.79 Å². The average Bonchev–Trinajstić information content (AvgIpc) is 3.30. The highest BCUT2D eigenvalue weighted by Crippen LogP contribution is 2.38. The largest absolute Gasteiger partial charge is 0.456 e. The molecule has 7 heteroatoms. The lowest BCUT2D eigenvalue weighted by Crippen LogP contribution is -2.18. The van der Waals surface area contributed by atoms with Gasteiger partial charge in [0.05, 0.1) is 4.24 Å². The molecule has 0 aliphatic carbocycles. The summed E-state index contributed by atoms with van der Waals surface area (Å²) >= 11 is 3.54. The van der Waals surface area contributed by atoms with Crippen LogP contribution in [0.15, 0.2) is 80.8 Å². The van der Waals surface area contributed by atoms with Crippen LogP contribution in [0.5, 0.6) is 0 Å². The molecule has 0 saturated carbocycles. The number of carbonyl (C=O) groups excluding carboxylic acids is 1. The lowest BCUT2D eigenvalue weighted by molar-refractivity contribution is -0.129. The standard InChI is InChI=1S/C26H28N2O3S2/c29-25(27-30)11-3-1-2-7-17-28(33-26-12-6-8-18-32-26)22-15-13-20(14-16-22)24-19-21-9-4-5-10-23(21)31-24/h4-5,8-10,12-16,18-19,30H,1-3,6-7,11,17H2,(H,27,29). The van der Waals surface area contributed by atoms with Crippen molar-refractivity contribution in [1.29, 1.82) is 0 Å². The van der Waals surface area contributed by atoms with Crippen LogP contribution in [0.3, 0.4) is 0 Å². The first-order valence-corrected chi connectivity index (χ1v) is 12.9. The van der Waals surface area contributed by atoms with E-state index >= 15 is 0 Å². The van der Waals surface area contributed by atoms with Crippen molar-refractivity contribution in [3.05, 3.63) is 76.4 Å². The molecule has 33 heavy (non-hydrogen) atoms. The van der Waals surface area contributed by atoms with Crippen molar-refractivity contribution in [3.63, 3.8) is 0 Å². The third kappa shape index (κ3) is 6.69. The van der Waals surface area contributed by atoms with Gasteiger partial charge < -0.3 is 8.72 Å². The first-order valence-electron chi connectivity index (χ1n) is 11.2. The normalized spacial score (nSPS) is 13.2. The number of allylic oxidation sites excluding steroid dienone is 2. The van der Waals surface area contributed by atoms with Gasteiger partial charge in [0, 0.05) is 29.6 Å². The van der Waals surface area contributed by atoms with E-state index in [1.54, 1.807) is 29.2 Å². The van der Waals surface area contributed by atoms with Crippen molar-refractivity contribution < 1.29 is 14.4 Å². The van der Waals surface area contributed by atoms with Gasteiger partial charge >= 0.3 is 0 Å². The van der Waals surface area contributed by atoms with Crippen LogP contribution in [0.2, 0.25) is 0 Å². The molecule has 2 heterocycles. The van der Waals surface area contributed by atoms with E-state index in [0.29, 0.717) is 6.42 Å². The van der Waals surface area contributed by atoms with E-state index in [-0.39, 0.29) is 5.91 Å². The second-order valence-corrected chi connectivity index (χ2v) is 10.1. The molecule has 1 aliphatic heterocycles. The van der Waals surface area contributed by atoms with Crippen LogP contribution in [0.1, 0.15) is 38.5 Å². The highest BCUT2D eigenvalue weighted by molar-refractivity contribution is 8.24. The van der Waals surface area contributed by atoms with E-state index in [0.717, 1.165) is 66.6 Å². The minimum absolute atomic E-state index is 0.314. The van der Waals surface area contributed by atoms with Crippen LogP contribution in [-0.4, -0.2) is 17.7 Å². The highest BCUT2D eigenvalue weighted by atomic mass is 32.2. The molecule has 0 atom stereocenters. The Bertz CT molecular complexity index is 1090. The van der Waals surface area contributed by atoms with E-state index in [1.807, 2.05) is 18.2 Å². The van der Waals surface area contributed by atoms with Crippen LogP contribution < -0.4 is 9.79 Å². The molecular formula is C26H28N2O3S2. The van der Waals surface area contributed by atoms with E-state index in [2.05, 4.69) is 58.3 Å². The number of nitrogens with zero attached hydrogens (tertiary/aromatic N) is 1. The number of hydroxylamine groups is 1. The van der Waals surface area contributed by atoms with Gasteiger partial charge in [0.2, 0.25) is 5.91 Å². The van der Waals surface area contributed by atoms with Gasteiger partial charge in [-0.1, -0.05) is 55.0 Å². The Labute approximate surface area is 203 Å². The minimum atomic E-state index is -0.314. The predicted octanol–water partition coefficient (Wildman–Crippen LogP) is 7.50. The maximum Gasteiger partial charge on any atom is 0.243 e. The van der Waals surface area contributed by atoms with E-state index in [1.165, 1.54) is 4.24 Å². The molecule has 2 N–H and O–H groups in total. The molecule has 0 bridgehead atoms. The molecule has 172 valence electrons. The quantitative estimate of drug-likeness (QED) is 0.128. The molecule has 3 aromatic rings. The van der Waals surface area contributed by atoms with Gasteiger partial charge in [-0.3, -0.25) is 10.0 Å². The Hall–Kier alpha value is -2.61. The SMILES string of the molecule is O=C(CCCCCCN(SC1=CCC=CS1)c1ccc(-c2cc3ccccc3o2)cc1)NO. The fourth-order valence-electron chi connectivity index (χ4n) is 3.64. The molecule has 1 aliphatic rings. The molecule has 1 amide bonds. The van der Waals surface area contributed by atoms with Crippen LogP contribution in [0.25, 0.3) is 22.3 Å². The van der Waals surface area contributed by atoms with Crippen molar-refractivity contribution in [1.82, 2.24) is 5.48 Å². The summed E-state index contributed by atoms with van der Waals surface area (Å²) < 4.78 is 9.66. The first-order chi connectivity index (χ1) is 16.2. The molecule has 0 radical (unpaired) electrons. The Morgan fingerprint density at radius 3 is 2.67 bits per heavy atom. The smallest absolute Gasteiger partial charge is 0.243 e. The van der Waals surface area contributed by atoms with Gasteiger partial charge in [0.25, 0.3) is 0 Å². The number of para-hydroxylation sites is 1. The summed E-state index contributed by atoms with van der Waals surface area (Å²) in [6.07, 6.45) is 9.61. The van der Waals surface area contributed by atoms with Crippen molar-refractivity contribution in [2.75, 3.05) is 10.8 Å².